The van der Waals surface area contributed by atoms with Crippen LogP contribution in [-0.4, -0.2) is 25.6 Å². The van der Waals surface area contributed by atoms with Crippen LogP contribution in [0.1, 0.15) is 18.1 Å². The third-order valence-electron chi connectivity index (χ3n) is 4.22. The van der Waals surface area contributed by atoms with Gasteiger partial charge in [0.2, 0.25) is 0 Å². The number of quaternary nitrogens is 1. The topological polar surface area (TPSA) is 42.8 Å². The average molecular weight is 339 g/mol. The van der Waals surface area contributed by atoms with Crippen molar-refractivity contribution in [1.82, 2.24) is 5.32 Å². The molecule has 0 aliphatic carbocycles. The molecule has 25 heavy (non-hydrogen) atoms. The Balaban J connectivity index is 1.83. The Morgan fingerprint density at radius 3 is 2.48 bits per heavy atom. The number of nitrogens with one attached hydrogen (secondary N) is 2. The van der Waals surface area contributed by atoms with Crippen LogP contribution < -0.4 is 15.0 Å². The Morgan fingerprint density at radius 1 is 1.16 bits per heavy atom. The first-order valence-electron chi connectivity index (χ1n) is 8.56. The smallest absolute Gasteiger partial charge is 0.278 e. The average Bonchev–Trinajstić information content (AvgIpc) is 2.65. The quantitative estimate of drug-likeness (QED) is 0.686. The molecule has 1 amide bonds. The molecule has 0 saturated heterocycles. The molecule has 2 aromatic carbocycles. The van der Waals surface area contributed by atoms with Gasteiger partial charge in [0.1, 0.15) is 18.9 Å². The maximum Gasteiger partial charge on any atom is 0.278 e. The lowest BCUT2D eigenvalue weighted by Gasteiger charge is -2.21. The lowest BCUT2D eigenvalue weighted by atomic mass is 10.1. The van der Waals surface area contributed by atoms with Gasteiger partial charge in [-0.2, -0.15) is 0 Å². The number of carbonyl (C=O) groups excluding carboxylic acids is 1. The second kappa shape index (κ2) is 9.64. The van der Waals surface area contributed by atoms with Crippen molar-refractivity contribution in [3.8, 4) is 5.75 Å². The van der Waals surface area contributed by atoms with Crippen molar-refractivity contribution in [1.29, 1.82) is 0 Å². The van der Waals surface area contributed by atoms with Gasteiger partial charge in [-0.15, -0.1) is 0 Å². The van der Waals surface area contributed by atoms with Crippen LogP contribution in [0, 0.1) is 0 Å². The van der Waals surface area contributed by atoms with Crippen molar-refractivity contribution in [2.45, 2.75) is 26.1 Å². The van der Waals surface area contributed by atoms with E-state index in [0.717, 1.165) is 22.8 Å². The van der Waals surface area contributed by atoms with E-state index < -0.39 is 0 Å². The van der Waals surface area contributed by atoms with E-state index >= 15 is 0 Å². The first-order chi connectivity index (χ1) is 12.1. The molecule has 0 aromatic heterocycles. The molecule has 132 valence electrons. The summed E-state index contributed by atoms with van der Waals surface area (Å²) in [4.78, 5) is 13.5. The molecule has 4 nitrogen and oxygen atoms in total. The van der Waals surface area contributed by atoms with E-state index in [9.17, 15) is 4.79 Å². The minimum atomic E-state index is -0.125. The Hall–Kier alpha value is -2.59. The Kier molecular flexibility index (Phi) is 7.23. The van der Waals surface area contributed by atoms with Crippen molar-refractivity contribution in [2.24, 2.45) is 0 Å². The SMILES string of the molecule is C=CCOc1ccc(C[NH+](C)[C@@H](C)C(=O)NCc2ccccc2)cc1. The zero-order chi connectivity index (χ0) is 18.1. The molecule has 2 atom stereocenters. The summed E-state index contributed by atoms with van der Waals surface area (Å²) in [5.74, 6) is 0.891. The number of carbonyl (C=O) groups is 1. The van der Waals surface area contributed by atoms with Crippen LogP contribution in [-0.2, 0) is 17.9 Å². The fourth-order valence-electron chi connectivity index (χ4n) is 2.50. The highest BCUT2D eigenvalue weighted by molar-refractivity contribution is 5.79. The van der Waals surface area contributed by atoms with E-state index in [0.29, 0.717) is 13.2 Å². The number of rotatable bonds is 9. The molecule has 1 unspecified atom stereocenters. The molecule has 0 radical (unpaired) electrons. The molecule has 0 bridgehead atoms. The maximum atomic E-state index is 12.4. The van der Waals surface area contributed by atoms with Crippen LogP contribution in [0.2, 0.25) is 0 Å². The second-order valence-corrected chi connectivity index (χ2v) is 6.19. The Bertz CT molecular complexity index is 668. The summed E-state index contributed by atoms with van der Waals surface area (Å²) in [5, 5.41) is 3.01. The molecule has 2 aromatic rings. The predicted molar refractivity (Wildman–Crippen MR) is 100 cm³/mol. The fraction of sp³-hybridized carbons (Fsp3) is 0.286. The van der Waals surface area contributed by atoms with Crippen LogP contribution in [0.5, 0.6) is 5.75 Å². The highest BCUT2D eigenvalue weighted by Gasteiger charge is 2.21. The standard InChI is InChI=1S/C21H26N2O2/c1-4-14-25-20-12-10-19(11-13-20)16-23(3)17(2)21(24)22-15-18-8-6-5-7-9-18/h4-13,17H,1,14-16H2,2-3H3,(H,22,24)/p+1/t17-/m0/s1. The first-order valence-corrected chi connectivity index (χ1v) is 8.56. The molecule has 2 rings (SSSR count). The molecule has 0 aliphatic rings. The summed E-state index contributed by atoms with van der Waals surface area (Å²) in [7, 11) is 2.04. The molecular formula is C21H27N2O2+. The number of hydrogen-bond donors (Lipinski definition) is 2. The number of likely N-dealkylation sites (N-methyl/N-ethyl adjacent to an activating group) is 1. The van der Waals surface area contributed by atoms with E-state index in [1.54, 1.807) is 6.08 Å². The van der Waals surface area contributed by atoms with Gasteiger partial charge in [0, 0.05) is 12.1 Å². The maximum absolute atomic E-state index is 12.4. The summed E-state index contributed by atoms with van der Waals surface area (Å²) >= 11 is 0. The molecule has 4 heteroatoms. The van der Waals surface area contributed by atoms with E-state index in [2.05, 4.69) is 11.9 Å². The minimum absolute atomic E-state index is 0.0623. The van der Waals surface area contributed by atoms with Gasteiger partial charge in [-0.25, -0.2) is 0 Å². The third-order valence-corrected chi connectivity index (χ3v) is 4.22. The van der Waals surface area contributed by atoms with Crippen molar-refractivity contribution in [3.63, 3.8) is 0 Å². The Labute approximate surface area is 150 Å². The Morgan fingerprint density at radius 2 is 1.84 bits per heavy atom. The summed E-state index contributed by atoms with van der Waals surface area (Å²) in [5.41, 5.74) is 2.28. The van der Waals surface area contributed by atoms with Crippen molar-refractivity contribution in [2.75, 3.05) is 13.7 Å². The van der Waals surface area contributed by atoms with Gasteiger partial charge in [-0.1, -0.05) is 43.0 Å². The zero-order valence-corrected chi connectivity index (χ0v) is 15.0. The van der Waals surface area contributed by atoms with Gasteiger partial charge in [0.25, 0.3) is 5.91 Å². The van der Waals surface area contributed by atoms with E-state index in [1.165, 1.54) is 5.56 Å². The summed E-state index contributed by atoms with van der Waals surface area (Å²) in [6.07, 6.45) is 1.72. The van der Waals surface area contributed by atoms with Crippen LogP contribution in [0.4, 0.5) is 0 Å². The number of benzene rings is 2. The normalized spacial score (nSPS) is 12.9. The van der Waals surface area contributed by atoms with Crippen LogP contribution in [0.15, 0.2) is 67.3 Å². The molecule has 2 N–H and O–H groups in total. The summed E-state index contributed by atoms with van der Waals surface area (Å²) in [6.45, 7) is 7.44. The lowest BCUT2D eigenvalue weighted by molar-refractivity contribution is -0.908. The fourth-order valence-corrected chi connectivity index (χ4v) is 2.50. The second-order valence-electron chi connectivity index (χ2n) is 6.19. The highest BCUT2D eigenvalue weighted by Crippen LogP contribution is 2.11. The monoisotopic (exact) mass is 339 g/mol. The first kappa shape index (κ1) is 18.7. The van der Waals surface area contributed by atoms with Gasteiger partial charge in [0.15, 0.2) is 6.04 Å². The van der Waals surface area contributed by atoms with Gasteiger partial charge in [-0.05, 0) is 36.8 Å². The van der Waals surface area contributed by atoms with Crippen molar-refractivity contribution in [3.05, 3.63) is 78.4 Å². The van der Waals surface area contributed by atoms with Gasteiger partial charge in [-0.3, -0.25) is 4.79 Å². The van der Waals surface area contributed by atoms with Gasteiger partial charge in [0.05, 0.1) is 7.05 Å². The molecular weight excluding hydrogens is 312 g/mol. The van der Waals surface area contributed by atoms with Gasteiger partial charge < -0.3 is 15.0 Å². The van der Waals surface area contributed by atoms with Gasteiger partial charge >= 0.3 is 0 Å². The zero-order valence-electron chi connectivity index (χ0n) is 15.0. The van der Waals surface area contributed by atoms with E-state index in [-0.39, 0.29) is 11.9 Å². The molecule has 0 saturated carbocycles. The van der Waals surface area contributed by atoms with Crippen molar-refractivity contribution >= 4 is 5.91 Å². The predicted octanol–water partition coefficient (Wildman–Crippen LogP) is 1.97. The number of amides is 1. The van der Waals surface area contributed by atoms with E-state index in [4.69, 9.17) is 4.74 Å². The third kappa shape index (κ3) is 6.08. The highest BCUT2D eigenvalue weighted by atomic mass is 16.5. The lowest BCUT2D eigenvalue weighted by Crippen LogP contribution is -3.12. The number of hydrogen-bond acceptors (Lipinski definition) is 2. The summed E-state index contributed by atoms with van der Waals surface area (Å²) in [6, 6.07) is 17.8. The molecule has 0 fully saturated rings. The minimum Gasteiger partial charge on any atom is -0.490 e. The van der Waals surface area contributed by atoms with Crippen molar-refractivity contribution < 1.29 is 14.4 Å². The molecule has 0 heterocycles. The summed E-state index contributed by atoms with van der Waals surface area (Å²) < 4.78 is 5.49. The largest absolute Gasteiger partial charge is 0.490 e. The van der Waals surface area contributed by atoms with E-state index in [1.807, 2.05) is 68.6 Å². The van der Waals surface area contributed by atoms with Crippen LogP contribution >= 0.6 is 0 Å². The molecule has 0 aliphatic heterocycles. The van der Waals surface area contributed by atoms with Crippen LogP contribution in [0.25, 0.3) is 0 Å². The molecule has 0 spiro atoms. The van der Waals surface area contributed by atoms with Crippen LogP contribution in [0.3, 0.4) is 0 Å². The number of ether oxygens (including phenoxy) is 1.